The fourth-order valence-corrected chi connectivity index (χ4v) is 8.69. The van der Waals surface area contributed by atoms with E-state index in [9.17, 15) is 19.4 Å². The Morgan fingerprint density at radius 3 is 2.34 bits per heavy atom. The van der Waals surface area contributed by atoms with Gasteiger partial charge in [-0.1, -0.05) is 20.8 Å². The monoisotopic (exact) mass is 664 g/mol. The molecule has 6 atom stereocenters. The van der Waals surface area contributed by atoms with Crippen molar-refractivity contribution in [3.63, 3.8) is 0 Å². The Morgan fingerprint density at radius 2 is 1.77 bits per heavy atom. The van der Waals surface area contributed by atoms with Gasteiger partial charge >= 0.3 is 13.3 Å². The first kappa shape index (κ1) is 38.7. The van der Waals surface area contributed by atoms with Gasteiger partial charge in [-0.05, 0) is 39.5 Å². The summed E-state index contributed by atoms with van der Waals surface area (Å²) in [6.07, 6.45) is -0.0937. The molecule has 1 fully saturated rings. The van der Waals surface area contributed by atoms with Crippen LogP contribution in [0.25, 0.3) is 0 Å². The Morgan fingerprint density at radius 1 is 1.11 bits per heavy atom. The van der Waals surface area contributed by atoms with Crippen molar-refractivity contribution in [2.45, 2.75) is 85.3 Å². The van der Waals surface area contributed by atoms with Gasteiger partial charge in [-0.2, -0.15) is 5.26 Å². The highest BCUT2D eigenvalue weighted by atomic mass is 31.2. The SMILES string of the molecule is CCCN(CCC)P(OCCC#N)O[C@H]1[C@@H](OCCOC)[C@H](n2cc(C)c(=O)[nH]c2=O)O[C@@H]1[C@@H](C)CP(=O)(OCC)OCC. The highest BCUT2D eigenvalue weighted by molar-refractivity contribution is 7.53. The molecule has 16 heteroatoms. The van der Waals surface area contributed by atoms with E-state index in [2.05, 4.69) is 29.6 Å². The molecule has 1 aromatic rings. The molecule has 0 amide bonds. The first-order chi connectivity index (χ1) is 21.1. The van der Waals surface area contributed by atoms with E-state index in [1.807, 2.05) is 6.92 Å². The van der Waals surface area contributed by atoms with Crippen molar-refractivity contribution in [1.82, 2.24) is 14.2 Å². The molecule has 2 rings (SSSR count). The number of hydrogen-bond donors (Lipinski definition) is 1. The van der Waals surface area contributed by atoms with Gasteiger partial charge in [-0.3, -0.25) is 18.9 Å². The fraction of sp³-hybridized carbons (Fsp3) is 0.821. The minimum atomic E-state index is -3.50. The van der Waals surface area contributed by atoms with Crippen LogP contribution < -0.4 is 11.2 Å². The van der Waals surface area contributed by atoms with Gasteiger partial charge in [-0.15, -0.1) is 0 Å². The first-order valence-corrected chi connectivity index (χ1v) is 18.1. The van der Waals surface area contributed by atoms with Crippen LogP contribution in [0.2, 0.25) is 0 Å². The largest absolute Gasteiger partial charge is 0.382 e. The maximum absolute atomic E-state index is 13.6. The molecular weight excluding hydrogens is 614 g/mol. The van der Waals surface area contributed by atoms with Crippen molar-refractivity contribution in [3.8, 4) is 6.07 Å². The second-order valence-corrected chi connectivity index (χ2v) is 14.0. The minimum absolute atomic E-state index is 0.0249. The predicted octanol–water partition coefficient (Wildman–Crippen LogP) is 4.34. The number of aryl methyl sites for hydroxylation is 1. The molecule has 0 aliphatic carbocycles. The van der Waals surface area contributed by atoms with E-state index in [1.165, 1.54) is 10.8 Å². The summed E-state index contributed by atoms with van der Waals surface area (Å²) in [5.41, 5.74) is -0.857. The van der Waals surface area contributed by atoms with Crippen LogP contribution in [-0.4, -0.2) is 91.9 Å². The van der Waals surface area contributed by atoms with E-state index in [-0.39, 0.29) is 45.6 Å². The van der Waals surface area contributed by atoms with Crippen LogP contribution in [0, 0.1) is 24.2 Å². The number of methoxy groups -OCH3 is 1. The highest BCUT2D eigenvalue weighted by Crippen LogP contribution is 2.53. The molecule has 0 bridgehead atoms. The Balaban J connectivity index is 2.65. The van der Waals surface area contributed by atoms with Crippen LogP contribution in [0.1, 0.15) is 65.7 Å². The average Bonchev–Trinajstić information content (AvgIpc) is 3.32. The number of nitrogens with zero attached hydrogens (tertiary/aromatic N) is 3. The van der Waals surface area contributed by atoms with Gasteiger partial charge in [0.25, 0.3) is 14.1 Å². The second-order valence-electron chi connectivity index (χ2n) is 10.4. The number of hydrogen-bond acceptors (Lipinski definition) is 12. The number of ether oxygens (including phenoxy) is 3. The molecule has 1 aliphatic heterocycles. The van der Waals surface area contributed by atoms with E-state index in [4.69, 9.17) is 32.3 Å². The van der Waals surface area contributed by atoms with Gasteiger partial charge in [0, 0.05) is 32.0 Å². The second kappa shape index (κ2) is 19.9. The summed E-state index contributed by atoms with van der Waals surface area (Å²) in [5.74, 6) is -0.455. The van der Waals surface area contributed by atoms with E-state index in [0.29, 0.717) is 18.7 Å². The zero-order valence-electron chi connectivity index (χ0n) is 27.1. The number of aromatic nitrogens is 2. The van der Waals surface area contributed by atoms with Crippen LogP contribution in [-0.2, 0) is 36.9 Å². The Labute approximate surface area is 261 Å². The van der Waals surface area contributed by atoms with Gasteiger partial charge in [0.15, 0.2) is 6.23 Å². The van der Waals surface area contributed by atoms with Gasteiger partial charge in [0.2, 0.25) is 0 Å². The Bertz CT molecular complexity index is 1180. The van der Waals surface area contributed by atoms with Crippen molar-refractivity contribution in [2.24, 2.45) is 5.92 Å². The Hall–Kier alpha value is -1.49. The third-order valence-corrected chi connectivity index (χ3v) is 10.8. The lowest BCUT2D eigenvalue weighted by molar-refractivity contribution is -0.0812. The quantitative estimate of drug-likeness (QED) is 0.138. The number of nitriles is 1. The number of aromatic amines is 1. The number of nitrogens with one attached hydrogen (secondary N) is 1. The van der Waals surface area contributed by atoms with E-state index in [1.54, 1.807) is 27.9 Å². The van der Waals surface area contributed by atoms with Crippen molar-refractivity contribution in [3.05, 3.63) is 32.6 Å². The summed E-state index contributed by atoms with van der Waals surface area (Å²) < 4.78 is 59.2. The summed E-state index contributed by atoms with van der Waals surface area (Å²) in [7, 11) is -3.64. The van der Waals surface area contributed by atoms with Gasteiger partial charge in [-0.25, -0.2) is 9.46 Å². The lowest BCUT2D eigenvalue weighted by Gasteiger charge is -2.35. The molecule has 0 radical (unpaired) electrons. The smallest absolute Gasteiger partial charge is 0.331 e. The predicted molar refractivity (Wildman–Crippen MR) is 167 cm³/mol. The molecule has 2 heterocycles. The average molecular weight is 665 g/mol. The molecule has 0 spiro atoms. The van der Waals surface area contributed by atoms with Crippen molar-refractivity contribution >= 4 is 16.1 Å². The zero-order valence-corrected chi connectivity index (χ0v) is 28.8. The summed E-state index contributed by atoms with van der Waals surface area (Å²) >= 11 is 0. The maximum atomic E-state index is 13.6. The zero-order chi connectivity index (χ0) is 32.7. The van der Waals surface area contributed by atoms with Crippen molar-refractivity contribution in [2.75, 3.05) is 59.4 Å². The van der Waals surface area contributed by atoms with Crippen LogP contribution in [0.5, 0.6) is 0 Å². The lowest BCUT2D eigenvalue weighted by atomic mass is 10.00. The molecule has 252 valence electrons. The fourth-order valence-electron chi connectivity index (χ4n) is 4.92. The van der Waals surface area contributed by atoms with Crippen LogP contribution in [0.3, 0.4) is 0 Å². The first-order valence-electron chi connectivity index (χ1n) is 15.3. The molecule has 44 heavy (non-hydrogen) atoms. The number of H-pyrrole nitrogens is 1. The molecule has 1 N–H and O–H groups in total. The van der Waals surface area contributed by atoms with Crippen LogP contribution >= 0.6 is 16.1 Å². The molecule has 0 aromatic carbocycles. The topological polar surface area (TPSA) is 164 Å². The summed E-state index contributed by atoms with van der Waals surface area (Å²) in [6, 6.07) is 2.11. The summed E-state index contributed by atoms with van der Waals surface area (Å²) in [5, 5.41) is 9.17. The van der Waals surface area contributed by atoms with Gasteiger partial charge in [0.1, 0.15) is 12.2 Å². The Kier molecular flexibility index (Phi) is 17.5. The van der Waals surface area contributed by atoms with E-state index in [0.717, 1.165) is 12.8 Å². The molecule has 14 nitrogen and oxygen atoms in total. The maximum Gasteiger partial charge on any atom is 0.331 e. The molecular formula is C28H50N4O10P2. The molecule has 1 saturated heterocycles. The number of rotatable bonds is 22. The van der Waals surface area contributed by atoms with Crippen LogP contribution in [0.4, 0.5) is 0 Å². The molecule has 0 saturated carbocycles. The standard InChI is InChI=1S/C28H50N4O10P2/c1-8-14-31(15-9-2)43(38-16-12-13-29)42-24-23(22(6)20-44(35,39-10-3)40-11-4)41-27(25(24)37-18-17-36-7)32-19-21(5)26(33)30-28(32)34/h19,22-25,27H,8-12,14-18,20H2,1-7H3,(H,30,33,34)/t22-,23+,24+,25+,27+,43?/m0/s1. The van der Waals surface area contributed by atoms with Crippen molar-refractivity contribution < 1.29 is 36.9 Å². The van der Waals surface area contributed by atoms with E-state index >= 15 is 0 Å². The molecule has 1 aromatic heterocycles. The highest BCUT2D eigenvalue weighted by Gasteiger charge is 2.52. The third kappa shape index (κ3) is 11.1. The van der Waals surface area contributed by atoms with Gasteiger partial charge in [0.05, 0.1) is 57.8 Å². The molecule has 1 unspecified atom stereocenters. The van der Waals surface area contributed by atoms with E-state index < -0.39 is 57.8 Å². The lowest BCUT2D eigenvalue weighted by Crippen LogP contribution is -2.42. The van der Waals surface area contributed by atoms with Gasteiger partial charge < -0.3 is 32.3 Å². The normalized spacial score (nSPS) is 21.9. The molecule has 1 aliphatic rings. The minimum Gasteiger partial charge on any atom is -0.382 e. The summed E-state index contributed by atoms with van der Waals surface area (Å²) in [6.45, 7) is 13.5. The third-order valence-electron chi connectivity index (χ3n) is 6.79. The van der Waals surface area contributed by atoms with Crippen molar-refractivity contribution in [1.29, 1.82) is 5.26 Å². The summed E-state index contributed by atoms with van der Waals surface area (Å²) in [4.78, 5) is 27.6. The van der Waals surface area contributed by atoms with Crippen LogP contribution in [0.15, 0.2) is 15.8 Å².